The molecule has 0 radical (unpaired) electrons. The van der Waals surface area contributed by atoms with Crippen LogP contribution >= 0.6 is 0 Å². The van der Waals surface area contributed by atoms with Gasteiger partial charge in [-0.1, -0.05) is 0 Å². The van der Waals surface area contributed by atoms with Crippen molar-refractivity contribution in [2.75, 3.05) is 13.1 Å². The molecular weight excluding hydrogens is 174 g/mol. The van der Waals surface area contributed by atoms with E-state index in [0.29, 0.717) is 23.7 Å². The van der Waals surface area contributed by atoms with E-state index in [0.717, 1.165) is 0 Å². The number of quaternary nitrogens is 1. The van der Waals surface area contributed by atoms with E-state index >= 15 is 0 Å². The summed E-state index contributed by atoms with van der Waals surface area (Å²) < 4.78 is 0. The second-order valence-electron chi connectivity index (χ2n) is 5.33. The number of hydrogen-bond donors (Lipinski definition) is 1. The van der Waals surface area contributed by atoms with Crippen molar-refractivity contribution in [3.8, 4) is 0 Å². The van der Waals surface area contributed by atoms with Gasteiger partial charge in [0.05, 0.1) is 25.0 Å². The summed E-state index contributed by atoms with van der Waals surface area (Å²) in [4.78, 5) is 13.7. The average molecular weight is 194 g/mol. The van der Waals surface area contributed by atoms with Crippen molar-refractivity contribution in [3.63, 3.8) is 0 Å². The van der Waals surface area contributed by atoms with Crippen LogP contribution in [0.5, 0.6) is 0 Å². The molecule has 2 nitrogen and oxygen atoms in total. The van der Waals surface area contributed by atoms with Gasteiger partial charge in [-0.3, -0.25) is 4.79 Å². The third kappa shape index (κ3) is 1.23. The van der Waals surface area contributed by atoms with Crippen molar-refractivity contribution < 1.29 is 9.69 Å². The molecule has 78 valence electrons. The van der Waals surface area contributed by atoms with E-state index in [-0.39, 0.29) is 0 Å². The van der Waals surface area contributed by atoms with Gasteiger partial charge >= 0.3 is 0 Å². The van der Waals surface area contributed by atoms with Gasteiger partial charge < -0.3 is 4.90 Å². The van der Waals surface area contributed by atoms with E-state index in [4.69, 9.17) is 0 Å². The van der Waals surface area contributed by atoms with E-state index in [1.165, 1.54) is 51.6 Å². The van der Waals surface area contributed by atoms with Gasteiger partial charge in [0.1, 0.15) is 5.78 Å². The second-order valence-corrected chi connectivity index (χ2v) is 5.33. The van der Waals surface area contributed by atoms with Crippen molar-refractivity contribution in [3.05, 3.63) is 0 Å². The third-order valence-electron chi connectivity index (χ3n) is 4.68. The predicted molar refractivity (Wildman–Crippen MR) is 54.2 cm³/mol. The number of rotatable bonds is 1. The zero-order valence-corrected chi connectivity index (χ0v) is 8.80. The molecule has 2 aliphatic carbocycles. The molecule has 1 heterocycles. The Bertz CT molecular complexity index is 245. The number of fused-ring (bicyclic) bond motifs is 2. The summed E-state index contributed by atoms with van der Waals surface area (Å²) in [6, 6.07) is 0.712. The summed E-state index contributed by atoms with van der Waals surface area (Å²) >= 11 is 0. The molecule has 2 saturated carbocycles. The molecule has 14 heavy (non-hydrogen) atoms. The average Bonchev–Trinajstić information content (AvgIpc) is 2.76. The number of hydrogen-bond acceptors (Lipinski definition) is 1. The zero-order valence-electron chi connectivity index (χ0n) is 8.80. The fraction of sp³-hybridized carbons (Fsp3) is 0.917. The Kier molecular flexibility index (Phi) is 2.12. The minimum atomic E-state index is 0.460. The van der Waals surface area contributed by atoms with Gasteiger partial charge in [0, 0.05) is 25.2 Å². The largest absolute Gasteiger partial charge is 0.332 e. The van der Waals surface area contributed by atoms with E-state index < -0.39 is 0 Å². The Morgan fingerprint density at radius 1 is 1.00 bits per heavy atom. The first kappa shape index (κ1) is 8.90. The Morgan fingerprint density at radius 2 is 1.71 bits per heavy atom. The van der Waals surface area contributed by atoms with E-state index in [2.05, 4.69) is 0 Å². The van der Waals surface area contributed by atoms with Gasteiger partial charge in [-0.2, -0.15) is 0 Å². The fourth-order valence-corrected chi connectivity index (χ4v) is 3.92. The molecule has 0 aromatic heterocycles. The molecule has 0 spiro atoms. The minimum absolute atomic E-state index is 0.460. The van der Waals surface area contributed by atoms with Gasteiger partial charge in [0.2, 0.25) is 0 Å². The summed E-state index contributed by atoms with van der Waals surface area (Å²) in [7, 11) is 0. The molecule has 1 N–H and O–H groups in total. The molecule has 0 unspecified atom stereocenters. The SMILES string of the molecule is O=C1[C@@H]2CC[C@@H]([NH+]3CCCC3)[C@H]1CC2. The second kappa shape index (κ2) is 3.34. The van der Waals surface area contributed by atoms with Gasteiger partial charge in [-0.25, -0.2) is 0 Å². The Morgan fingerprint density at radius 3 is 2.50 bits per heavy atom. The summed E-state index contributed by atoms with van der Waals surface area (Å²) in [5.74, 6) is 1.56. The van der Waals surface area contributed by atoms with Gasteiger partial charge in [0.15, 0.2) is 0 Å². The van der Waals surface area contributed by atoms with Crippen LogP contribution in [0.4, 0.5) is 0 Å². The monoisotopic (exact) mass is 194 g/mol. The van der Waals surface area contributed by atoms with Crippen molar-refractivity contribution >= 4 is 5.78 Å². The molecule has 1 aliphatic heterocycles. The van der Waals surface area contributed by atoms with Crippen molar-refractivity contribution in [2.24, 2.45) is 11.8 Å². The maximum absolute atomic E-state index is 11.9. The molecule has 0 amide bonds. The molecular formula is C12H20NO+. The lowest BCUT2D eigenvalue weighted by atomic mass is 9.83. The minimum Gasteiger partial charge on any atom is -0.332 e. The molecule has 1 saturated heterocycles. The van der Waals surface area contributed by atoms with Crippen LogP contribution in [-0.4, -0.2) is 24.9 Å². The van der Waals surface area contributed by atoms with E-state index in [9.17, 15) is 4.79 Å². The fourth-order valence-electron chi connectivity index (χ4n) is 3.92. The van der Waals surface area contributed by atoms with Crippen LogP contribution in [0.3, 0.4) is 0 Å². The zero-order chi connectivity index (χ0) is 9.54. The number of carbonyl (C=O) groups is 1. The topological polar surface area (TPSA) is 21.5 Å². The van der Waals surface area contributed by atoms with Gasteiger partial charge in [-0.05, 0) is 19.3 Å². The van der Waals surface area contributed by atoms with Crippen LogP contribution in [0, 0.1) is 11.8 Å². The Hall–Kier alpha value is -0.370. The number of nitrogens with one attached hydrogen (secondary N) is 1. The number of carbonyl (C=O) groups excluding carboxylic acids is 1. The molecule has 3 atom stereocenters. The predicted octanol–water partition coefficient (Wildman–Crippen LogP) is 0.423. The molecule has 3 fully saturated rings. The maximum Gasteiger partial charge on any atom is 0.144 e. The van der Waals surface area contributed by atoms with Gasteiger partial charge in [-0.15, -0.1) is 0 Å². The highest BCUT2D eigenvalue weighted by atomic mass is 16.1. The van der Waals surface area contributed by atoms with Crippen molar-refractivity contribution in [1.82, 2.24) is 0 Å². The highest BCUT2D eigenvalue weighted by Gasteiger charge is 2.47. The summed E-state index contributed by atoms with van der Waals surface area (Å²) in [6.45, 7) is 2.66. The highest BCUT2D eigenvalue weighted by Crippen LogP contribution is 2.38. The number of ketones is 1. The van der Waals surface area contributed by atoms with Crippen molar-refractivity contribution in [2.45, 2.75) is 44.6 Å². The quantitative estimate of drug-likeness (QED) is 0.642. The Labute approximate surface area is 85.7 Å². The standard InChI is InChI=1S/C12H19NO/c14-12-9-3-5-10(12)11(6-4-9)13-7-1-2-8-13/h9-11H,1-8H2/p+1/t9-,10+,11+/m0/s1. The van der Waals surface area contributed by atoms with Crippen LogP contribution in [0.1, 0.15) is 38.5 Å². The molecule has 0 aromatic rings. The van der Waals surface area contributed by atoms with E-state index in [1.807, 2.05) is 0 Å². The molecule has 2 bridgehead atoms. The third-order valence-corrected chi connectivity index (χ3v) is 4.68. The lowest BCUT2D eigenvalue weighted by Gasteiger charge is -2.32. The highest BCUT2D eigenvalue weighted by molar-refractivity contribution is 5.86. The van der Waals surface area contributed by atoms with Crippen molar-refractivity contribution in [1.29, 1.82) is 0 Å². The van der Waals surface area contributed by atoms with E-state index in [1.54, 1.807) is 4.90 Å². The maximum atomic E-state index is 11.9. The van der Waals surface area contributed by atoms with Crippen LogP contribution in [0.25, 0.3) is 0 Å². The first-order valence-corrected chi connectivity index (χ1v) is 6.24. The van der Waals surface area contributed by atoms with Crippen LogP contribution in [0.2, 0.25) is 0 Å². The summed E-state index contributed by atoms with van der Waals surface area (Å²) in [5.41, 5.74) is 0. The van der Waals surface area contributed by atoms with Crippen LogP contribution in [-0.2, 0) is 4.79 Å². The molecule has 2 heteroatoms. The lowest BCUT2D eigenvalue weighted by molar-refractivity contribution is -0.917. The number of Topliss-reactive ketones (excluding diaryl/α,β-unsaturated/α-hetero) is 1. The van der Waals surface area contributed by atoms with Crippen LogP contribution < -0.4 is 4.90 Å². The molecule has 3 rings (SSSR count). The number of likely N-dealkylation sites (tertiary alicyclic amines) is 1. The lowest BCUT2D eigenvalue weighted by Crippen LogP contribution is -3.15. The molecule has 0 aromatic carbocycles. The summed E-state index contributed by atoms with van der Waals surface area (Å²) in [6.07, 6.45) is 7.71. The van der Waals surface area contributed by atoms with Crippen LogP contribution in [0.15, 0.2) is 0 Å². The molecule has 3 aliphatic rings. The first-order chi connectivity index (χ1) is 6.86. The smallest absolute Gasteiger partial charge is 0.144 e. The first-order valence-electron chi connectivity index (χ1n) is 6.24. The normalized spacial score (nSPS) is 43.4. The summed E-state index contributed by atoms with van der Waals surface area (Å²) in [5, 5.41) is 0. The van der Waals surface area contributed by atoms with Gasteiger partial charge in [0.25, 0.3) is 0 Å². The Balaban J connectivity index is 1.76.